The van der Waals surface area contributed by atoms with E-state index in [9.17, 15) is 18.3 Å². The Labute approximate surface area is 243 Å². The number of benzene rings is 2. The molecule has 5 rings (SSSR count). The summed E-state index contributed by atoms with van der Waals surface area (Å²) in [6.07, 6.45) is 6.58. The lowest BCUT2D eigenvalue weighted by molar-refractivity contribution is 0.00887. The predicted molar refractivity (Wildman–Crippen MR) is 158 cm³/mol. The van der Waals surface area contributed by atoms with E-state index in [2.05, 4.69) is 9.62 Å². The third-order valence-electron chi connectivity index (χ3n) is 9.35. The van der Waals surface area contributed by atoms with Crippen LogP contribution >= 0.6 is 11.6 Å². The second-order valence-corrected chi connectivity index (χ2v) is 14.4. The molecule has 0 unspecified atom stereocenters. The maximum atomic E-state index is 13.3. The lowest BCUT2D eigenvalue weighted by atomic mass is 9.69. The minimum Gasteiger partial charge on any atom is -0.487 e. The minimum atomic E-state index is -3.88. The standard InChI is InChI=1S/C31H41ClN2O5S/c1-20-6-5-8-29(35)27-13-10-24(27)18-34-15-4-3-7-22-16-26(32)12-9-25(22)19-39-30-14-11-23(17-28(30)34)31(36)33-40(37,38)21(20)2/h9,11-12,14,16-17,20-21,24,27,29,35H,3-8,10,13,15,18-19H2,1-2H3,(H,33,36)/t20-,21+,24+,27-,29+/m1/s1. The summed E-state index contributed by atoms with van der Waals surface area (Å²) in [6.45, 7) is 5.44. The fourth-order valence-corrected chi connectivity index (χ4v) is 7.88. The van der Waals surface area contributed by atoms with Crippen molar-refractivity contribution in [2.24, 2.45) is 17.8 Å². The van der Waals surface area contributed by atoms with Crippen molar-refractivity contribution in [3.63, 3.8) is 0 Å². The van der Waals surface area contributed by atoms with Gasteiger partial charge in [-0.1, -0.05) is 31.0 Å². The molecule has 2 aromatic carbocycles. The Balaban J connectivity index is 1.52. The Morgan fingerprint density at radius 1 is 1.00 bits per heavy atom. The average molecular weight is 589 g/mol. The van der Waals surface area contributed by atoms with Crippen LogP contribution in [0.3, 0.4) is 0 Å². The van der Waals surface area contributed by atoms with E-state index in [4.69, 9.17) is 16.3 Å². The highest BCUT2D eigenvalue weighted by atomic mass is 35.5. The highest BCUT2D eigenvalue weighted by Gasteiger charge is 2.38. The number of anilines is 1. The molecule has 0 radical (unpaired) electrons. The number of aryl methyl sites for hydroxylation is 1. The maximum absolute atomic E-state index is 13.3. The zero-order valence-electron chi connectivity index (χ0n) is 23.4. The molecule has 1 saturated carbocycles. The minimum absolute atomic E-state index is 0.142. The number of fused-ring (bicyclic) bond motifs is 3. The predicted octanol–water partition coefficient (Wildman–Crippen LogP) is 5.72. The van der Waals surface area contributed by atoms with Gasteiger partial charge in [0, 0.05) is 23.7 Å². The summed E-state index contributed by atoms with van der Waals surface area (Å²) in [5, 5.41) is 11.1. The molecule has 1 aliphatic carbocycles. The van der Waals surface area contributed by atoms with Crippen LogP contribution in [0.25, 0.3) is 0 Å². The number of carbonyl (C=O) groups is 1. The van der Waals surface area contributed by atoms with Crippen LogP contribution in [0.5, 0.6) is 5.75 Å². The number of rotatable bonds is 0. The van der Waals surface area contributed by atoms with E-state index in [0.717, 1.165) is 62.9 Å². The van der Waals surface area contributed by atoms with Gasteiger partial charge in [-0.25, -0.2) is 13.1 Å². The number of aliphatic hydroxyl groups is 1. The van der Waals surface area contributed by atoms with Gasteiger partial charge < -0.3 is 14.7 Å². The van der Waals surface area contributed by atoms with E-state index in [0.29, 0.717) is 36.1 Å². The number of amides is 1. The Morgan fingerprint density at radius 2 is 1.82 bits per heavy atom. The molecule has 1 fully saturated rings. The first kappa shape index (κ1) is 29.2. The second kappa shape index (κ2) is 12.3. The zero-order valence-corrected chi connectivity index (χ0v) is 25.0. The summed E-state index contributed by atoms with van der Waals surface area (Å²) in [5.41, 5.74) is 3.34. The number of hydrogen-bond donors (Lipinski definition) is 2. The van der Waals surface area contributed by atoms with Crippen LogP contribution < -0.4 is 14.4 Å². The van der Waals surface area contributed by atoms with E-state index in [1.807, 2.05) is 25.1 Å². The Bertz CT molecular complexity index is 1330. The van der Waals surface area contributed by atoms with Crippen molar-refractivity contribution in [3.05, 3.63) is 58.1 Å². The van der Waals surface area contributed by atoms with Crippen LogP contribution in [0.1, 0.15) is 80.3 Å². The monoisotopic (exact) mass is 588 g/mol. The molecule has 3 aliphatic rings. The summed E-state index contributed by atoms with van der Waals surface area (Å²) in [7, 11) is -3.88. The first-order chi connectivity index (χ1) is 19.1. The topological polar surface area (TPSA) is 95.9 Å². The molecule has 40 heavy (non-hydrogen) atoms. The van der Waals surface area contributed by atoms with Crippen molar-refractivity contribution in [1.82, 2.24) is 4.72 Å². The van der Waals surface area contributed by atoms with Crippen molar-refractivity contribution in [1.29, 1.82) is 0 Å². The molecular weight excluding hydrogens is 548 g/mol. The van der Waals surface area contributed by atoms with E-state index in [1.54, 1.807) is 25.1 Å². The van der Waals surface area contributed by atoms with Gasteiger partial charge >= 0.3 is 0 Å². The van der Waals surface area contributed by atoms with Crippen LogP contribution in [-0.4, -0.2) is 43.9 Å². The molecule has 7 nitrogen and oxygen atoms in total. The van der Waals surface area contributed by atoms with Crippen LogP contribution in [0.4, 0.5) is 5.69 Å². The van der Waals surface area contributed by atoms with Crippen LogP contribution in [-0.2, 0) is 23.1 Å². The fraction of sp³-hybridized carbons (Fsp3) is 0.581. The number of nitrogens with zero attached hydrogens (tertiary/aromatic N) is 1. The highest BCUT2D eigenvalue weighted by Crippen LogP contribution is 2.41. The summed E-state index contributed by atoms with van der Waals surface area (Å²) < 4.78 is 34.9. The summed E-state index contributed by atoms with van der Waals surface area (Å²) in [5.74, 6) is 0.467. The third kappa shape index (κ3) is 6.44. The van der Waals surface area contributed by atoms with Gasteiger partial charge in [-0.05, 0) is 111 Å². The second-order valence-electron chi connectivity index (χ2n) is 11.9. The van der Waals surface area contributed by atoms with Gasteiger partial charge in [-0.2, -0.15) is 0 Å². The highest BCUT2D eigenvalue weighted by molar-refractivity contribution is 7.90. The number of aliphatic hydroxyl groups excluding tert-OH is 1. The molecule has 9 heteroatoms. The number of ether oxygens (including phenoxy) is 1. The average Bonchev–Trinajstić information content (AvgIpc) is 2.92. The lowest BCUT2D eigenvalue weighted by Crippen LogP contribution is -2.44. The van der Waals surface area contributed by atoms with Crippen molar-refractivity contribution >= 4 is 33.2 Å². The quantitative estimate of drug-likeness (QED) is 0.409. The van der Waals surface area contributed by atoms with Crippen LogP contribution in [0.2, 0.25) is 5.02 Å². The smallest absolute Gasteiger partial charge is 0.264 e. The largest absolute Gasteiger partial charge is 0.487 e. The molecular formula is C31H41ClN2O5S. The van der Waals surface area contributed by atoms with E-state index < -0.39 is 27.3 Å². The van der Waals surface area contributed by atoms with E-state index in [-0.39, 0.29) is 17.4 Å². The molecule has 2 aromatic rings. The molecule has 2 N–H and O–H groups in total. The fourth-order valence-electron chi connectivity index (χ4n) is 6.38. The van der Waals surface area contributed by atoms with E-state index in [1.165, 1.54) is 5.56 Å². The Hall–Kier alpha value is -2.29. The van der Waals surface area contributed by atoms with Crippen molar-refractivity contribution in [3.8, 4) is 5.75 Å². The first-order valence-corrected chi connectivity index (χ1v) is 16.6. The number of halogens is 1. The normalized spacial score (nSPS) is 29.4. The van der Waals surface area contributed by atoms with E-state index >= 15 is 0 Å². The Morgan fingerprint density at radius 3 is 2.60 bits per heavy atom. The number of sulfonamides is 1. The first-order valence-electron chi connectivity index (χ1n) is 14.7. The molecule has 0 spiro atoms. The lowest BCUT2D eigenvalue weighted by Gasteiger charge is -2.43. The maximum Gasteiger partial charge on any atom is 0.264 e. The molecule has 5 atom stereocenters. The molecule has 2 aliphatic heterocycles. The number of carbonyl (C=O) groups excluding carboxylic acids is 1. The van der Waals surface area contributed by atoms with Crippen molar-refractivity contribution in [2.75, 3.05) is 18.0 Å². The number of nitrogens with one attached hydrogen (secondary N) is 1. The SMILES string of the molecule is C[C@@H]1CCC[C@H](O)[C@@H]2CC[C@H]2CN2CCCCc3cc(Cl)ccc3COc3ccc(cc32)C(=O)NS(=O)(=O)[C@H]1C. The van der Waals surface area contributed by atoms with Gasteiger partial charge in [0.2, 0.25) is 10.0 Å². The van der Waals surface area contributed by atoms with Crippen molar-refractivity contribution in [2.45, 2.75) is 83.2 Å². The summed E-state index contributed by atoms with van der Waals surface area (Å²) in [4.78, 5) is 15.5. The third-order valence-corrected chi connectivity index (χ3v) is 11.5. The molecule has 1 amide bonds. The Kier molecular flexibility index (Phi) is 8.98. The molecule has 0 aromatic heterocycles. The summed E-state index contributed by atoms with van der Waals surface area (Å²) >= 11 is 6.30. The zero-order chi connectivity index (χ0) is 28.4. The number of hydrogen-bond acceptors (Lipinski definition) is 6. The van der Waals surface area contributed by atoms with Gasteiger partial charge in [-0.3, -0.25) is 4.79 Å². The van der Waals surface area contributed by atoms with Gasteiger partial charge in [0.05, 0.1) is 17.0 Å². The molecule has 0 saturated heterocycles. The van der Waals surface area contributed by atoms with Gasteiger partial charge in [0.15, 0.2) is 0 Å². The van der Waals surface area contributed by atoms with Gasteiger partial charge in [-0.15, -0.1) is 0 Å². The van der Waals surface area contributed by atoms with Crippen LogP contribution in [0.15, 0.2) is 36.4 Å². The van der Waals surface area contributed by atoms with Crippen molar-refractivity contribution < 1.29 is 23.1 Å². The van der Waals surface area contributed by atoms with Gasteiger partial charge in [0.1, 0.15) is 12.4 Å². The summed E-state index contributed by atoms with van der Waals surface area (Å²) in [6, 6.07) is 11.1. The van der Waals surface area contributed by atoms with Crippen LogP contribution in [0, 0.1) is 17.8 Å². The van der Waals surface area contributed by atoms with Gasteiger partial charge in [0.25, 0.3) is 5.91 Å². The molecule has 2 heterocycles. The molecule has 218 valence electrons. The molecule has 2 bridgehead atoms.